The Labute approximate surface area is 458 Å². The molecule has 2 bridgehead atoms. The van der Waals surface area contributed by atoms with Gasteiger partial charge in [0.25, 0.3) is 5.88 Å². The van der Waals surface area contributed by atoms with Crippen molar-refractivity contribution in [3.8, 4) is 34.0 Å². The number of ether oxygens (including phenoxy) is 1. The molecule has 1 aliphatic carbocycles. The highest BCUT2D eigenvalue weighted by Gasteiger charge is 2.48. The molecule has 8 heterocycles. The second-order valence-corrected chi connectivity index (χ2v) is 23.0. The first-order valence-corrected chi connectivity index (χ1v) is 28.0. The fourth-order valence-corrected chi connectivity index (χ4v) is 13.4. The van der Waals surface area contributed by atoms with Gasteiger partial charge in [0.1, 0.15) is 28.9 Å². The van der Waals surface area contributed by atoms with E-state index < -0.39 is 30.0 Å². The van der Waals surface area contributed by atoms with Gasteiger partial charge in [-0.1, -0.05) is 85.2 Å². The van der Waals surface area contributed by atoms with Crippen LogP contribution in [0, 0.1) is 11.7 Å². The lowest BCUT2D eigenvalue weighted by Gasteiger charge is -2.42. The molecule has 0 radical (unpaired) electrons. The average Bonchev–Trinajstić information content (AvgIpc) is 4.26. The minimum absolute atomic E-state index is 0.0752. The highest BCUT2D eigenvalue weighted by Crippen LogP contribution is 2.44. The average molecular weight is 1080 g/mol. The number of phenols is 1. The normalized spacial score (nSPS) is 26.7. The Kier molecular flexibility index (Phi) is 14.4. The number of hydrogen-bond acceptors (Lipinski definition) is 18. The summed E-state index contributed by atoms with van der Waals surface area (Å²) >= 11 is 7.05. The van der Waals surface area contributed by atoms with Gasteiger partial charge >= 0.3 is 0 Å². The summed E-state index contributed by atoms with van der Waals surface area (Å²) in [6, 6.07) is 23.6. The summed E-state index contributed by atoms with van der Waals surface area (Å²) in [7, 11) is 0. The summed E-state index contributed by atoms with van der Waals surface area (Å²) in [4.78, 5) is 25.1. The van der Waals surface area contributed by atoms with Crippen LogP contribution in [0.4, 0.5) is 21.8 Å². The molecule has 18 nitrogen and oxygen atoms in total. The Hall–Kier alpha value is -6.64. The summed E-state index contributed by atoms with van der Waals surface area (Å²) < 4.78 is 26.9. The molecule has 3 aromatic carbocycles. The number of piperidine rings is 1. The van der Waals surface area contributed by atoms with E-state index in [0.29, 0.717) is 52.6 Å². The van der Waals surface area contributed by atoms with Crippen LogP contribution in [0.2, 0.25) is 5.02 Å². The number of aliphatic hydroxyl groups excluding tert-OH is 2. The predicted molar refractivity (Wildman–Crippen MR) is 294 cm³/mol. The van der Waals surface area contributed by atoms with Crippen LogP contribution in [0.1, 0.15) is 107 Å². The quantitative estimate of drug-likeness (QED) is 0.0691. The summed E-state index contributed by atoms with van der Waals surface area (Å²) in [5.41, 5.74) is 10.6. The minimum Gasteiger partial charge on any atom is -0.507 e. The molecule has 6 aromatic rings. The number of anilines is 3. The zero-order chi connectivity index (χ0) is 53.8. The van der Waals surface area contributed by atoms with Crippen LogP contribution in [-0.4, -0.2) is 132 Å². The topological polar surface area (TPSA) is 220 Å². The molecule has 7 atom stereocenters. The number of nitrogens with one attached hydrogen (secondary N) is 1. The Morgan fingerprint density at radius 1 is 0.859 bits per heavy atom. The molecule has 5 aliphatic heterocycles. The van der Waals surface area contributed by atoms with Gasteiger partial charge in [0.05, 0.1) is 29.4 Å². The van der Waals surface area contributed by atoms with Gasteiger partial charge in [-0.05, 0) is 123 Å². The zero-order valence-electron chi connectivity index (χ0n) is 44.2. The third kappa shape index (κ3) is 10.1. The van der Waals surface area contributed by atoms with Gasteiger partial charge in [-0.2, -0.15) is 0 Å². The number of β-amino-alcohol motifs (C(OH)–C–C–N with tert-alkyl or cyclic N) is 1. The van der Waals surface area contributed by atoms with E-state index in [1.54, 1.807) is 30.3 Å². The van der Waals surface area contributed by atoms with E-state index in [0.717, 1.165) is 100 Å². The number of para-hydroxylation sites is 1. The highest BCUT2D eigenvalue weighted by molar-refractivity contribution is 6.32. The Bertz CT molecular complexity index is 3100. The van der Waals surface area contributed by atoms with Gasteiger partial charge in [0, 0.05) is 73.8 Å². The highest BCUT2D eigenvalue weighted by atomic mass is 35.5. The fourth-order valence-electron chi connectivity index (χ4n) is 13.2. The van der Waals surface area contributed by atoms with Gasteiger partial charge in [-0.3, -0.25) is 4.90 Å². The Morgan fingerprint density at radius 3 is 2.23 bits per heavy atom. The largest absolute Gasteiger partial charge is 0.507 e. The van der Waals surface area contributed by atoms with Gasteiger partial charge in [0.2, 0.25) is 11.7 Å². The van der Waals surface area contributed by atoms with Crippen LogP contribution < -0.4 is 25.6 Å². The monoisotopic (exact) mass is 1080 g/mol. The SMILES string of the molecule is CC(C)[C@H](c1onc(O[C@H]2CC[C@H](N3CCC(c4cnc(N5C6CCC5CN(c5cc(-c7ccccc7O)nnc5N)C6)nc4)CC3)CC2)c1Cl)C(O)N1C[C@H](O)C[C@H]1C1=NO[C@@](C)(c2ccc(-c3ccccc3F)cc2)N1. The third-order valence-corrected chi connectivity index (χ3v) is 17.7. The second-order valence-electron chi connectivity index (χ2n) is 22.6. The van der Waals surface area contributed by atoms with Gasteiger partial charge in [-0.25, -0.2) is 14.4 Å². The molecule has 410 valence electrons. The summed E-state index contributed by atoms with van der Waals surface area (Å²) in [6.45, 7) is 9.60. The third-order valence-electron chi connectivity index (χ3n) is 17.4. The number of hydrogen-bond donors (Lipinski definition) is 5. The number of aromatic hydroxyl groups is 1. The van der Waals surface area contributed by atoms with Crippen LogP contribution >= 0.6 is 11.6 Å². The number of amidine groups is 1. The van der Waals surface area contributed by atoms with E-state index in [1.165, 1.54) is 11.6 Å². The molecule has 4 saturated heterocycles. The molecule has 3 unspecified atom stereocenters. The second kappa shape index (κ2) is 21.5. The molecule has 5 fully saturated rings. The van der Waals surface area contributed by atoms with Crippen molar-refractivity contribution < 1.29 is 33.8 Å². The van der Waals surface area contributed by atoms with Gasteiger partial charge in [-0.15, -0.1) is 10.2 Å². The van der Waals surface area contributed by atoms with Crippen molar-refractivity contribution in [2.45, 2.75) is 139 Å². The number of phenolic OH excluding ortho intramolecular Hbond substituents is 1. The Balaban J connectivity index is 0.619. The number of halogens is 2. The number of aromatic nitrogens is 5. The molecule has 20 heteroatoms. The molecule has 1 saturated carbocycles. The molecule has 3 aromatic heterocycles. The van der Waals surface area contributed by atoms with Crippen LogP contribution in [0.3, 0.4) is 0 Å². The van der Waals surface area contributed by atoms with Crippen LogP contribution in [-0.2, 0) is 10.6 Å². The molecule has 6 aliphatic rings. The van der Waals surface area contributed by atoms with E-state index in [9.17, 15) is 19.7 Å². The first-order chi connectivity index (χ1) is 37.8. The van der Waals surface area contributed by atoms with E-state index in [2.05, 4.69) is 40.5 Å². The number of nitrogens with zero attached hydrogens (tertiary/aromatic N) is 10. The molecular weight excluding hydrogens is 1020 g/mol. The molecule has 78 heavy (non-hydrogen) atoms. The number of likely N-dealkylation sites (tertiary alicyclic amines) is 2. The standard InChI is InChI=1S/C58H68ClFN12O6/c1-33(2)50(56(75)71-32-41(73)26-48(71)54-64-58(3,78-67-54)37-14-12-35(13-15-37)43-8-4-6-10-45(43)60)52-51(59)55(68-77-52)76-42-20-18-38(19-21-42)69-24-22-34(23-25-69)36-28-62-57(63-29-36)72-39-16-17-40(72)31-70(30-39)47-27-46(65-66-53(47)61)44-9-5-7-11-49(44)74/h4-15,27-29,33-34,38-42,48,50,56,73-75H,16-26,30-32H2,1-3H3,(H2,61,66)(H,64,67)/t38-,39?,40?,41-,42-,48+,50-,56?,58+/m1/s1. The van der Waals surface area contributed by atoms with Crippen molar-refractivity contribution in [2.24, 2.45) is 11.1 Å². The number of piperazine rings is 1. The lowest BCUT2D eigenvalue weighted by molar-refractivity contribution is -0.0352. The summed E-state index contributed by atoms with van der Waals surface area (Å²) in [5, 5.41) is 54.6. The van der Waals surface area contributed by atoms with Gasteiger partial charge in [0.15, 0.2) is 17.4 Å². The first-order valence-electron chi connectivity index (χ1n) is 27.6. The van der Waals surface area contributed by atoms with Crippen LogP contribution in [0.5, 0.6) is 11.6 Å². The molecular formula is C58H68ClFN12O6. The van der Waals surface area contributed by atoms with Crippen LogP contribution in [0.15, 0.2) is 101 Å². The van der Waals surface area contributed by atoms with E-state index in [-0.39, 0.29) is 53.1 Å². The number of nitrogens with two attached hydrogens (primary N) is 1. The van der Waals surface area contributed by atoms with E-state index in [1.807, 2.05) is 80.5 Å². The Morgan fingerprint density at radius 2 is 1.54 bits per heavy atom. The summed E-state index contributed by atoms with van der Waals surface area (Å²) in [6.07, 6.45) is 10.4. The minimum atomic E-state index is -1.12. The van der Waals surface area contributed by atoms with Crippen molar-refractivity contribution >= 4 is 34.9 Å². The smallest absolute Gasteiger partial charge is 0.273 e. The number of oxime groups is 1. The number of fused-ring (bicyclic) bond motifs is 2. The first kappa shape index (κ1) is 52.1. The molecule has 12 rings (SSSR count). The van der Waals surface area contributed by atoms with Crippen molar-refractivity contribution in [3.63, 3.8) is 0 Å². The van der Waals surface area contributed by atoms with Crippen LogP contribution in [0.25, 0.3) is 22.4 Å². The van der Waals surface area contributed by atoms with E-state index in [4.69, 9.17) is 41.4 Å². The van der Waals surface area contributed by atoms with Crippen molar-refractivity contribution in [3.05, 3.63) is 119 Å². The zero-order valence-corrected chi connectivity index (χ0v) is 45.0. The maximum Gasteiger partial charge on any atom is 0.273 e. The number of nitrogen functional groups attached to an aromatic ring is 1. The van der Waals surface area contributed by atoms with Crippen molar-refractivity contribution in [1.82, 2.24) is 40.4 Å². The number of benzene rings is 3. The lowest BCUT2D eigenvalue weighted by Crippen LogP contribution is -2.54. The molecule has 0 amide bonds. The van der Waals surface area contributed by atoms with Crippen molar-refractivity contribution in [1.29, 1.82) is 0 Å². The predicted octanol–water partition coefficient (Wildman–Crippen LogP) is 8.40. The summed E-state index contributed by atoms with van der Waals surface area (Å²) in [5.74, 6) is 1.73. The fraction of sp³-hybridized carbons (Fsp3) is 0.483. The molecule has 0 spiro atoms. The molecule has 6 N–H and O–H groups in total. The maximum atomic E-state index is 14.5. The van der Waals surface area contributed by atoms with Crippen molar-refractivity contribution in [2.75, 3.05) is 48.3 Å². The lowest BCUT2D eigenvalue weighted by atomic mass is 9.87. The number of aliphatic hydroxyl groups is 2. The van der Waals surface area contributed by atoms with E-state index >= 15 is 0 Å². The van der Waals surface area contributed by atoms with Gasteiger partial charge < -0.3 is 55.2 Å². The maximum absolute atomic E-state index is 14.5. The number of rotatable bonds is 14.